The van der Waals surface area contributed by atoms with Gasteiger partial charge in [0.05, 0.1) is 6.61 Å². The lowest BCUT2D eigenvalue weighted by Crippen LogP contribution is -2.49. The zero-order chi connectivity index (χ0) is 19.1. The van der Waals surface area contributed by atoms with Gasteiger partial charge in [0.15, 0.2) is 0 Å². The molecule has 0 saturated carbocycles. The molecule has 0 amide bonds. The third kappa shape index (κ3) is 5.30. The van der Waals surface area contributed by atoms with Gasteiger partial charge in [-0.25, -0.2) is 4.79 Å². The normalized spacial score (nSPS) is 26.1. The quantitative estimate of drug-likeness (QED) is 0.637. The molecular formula is C22H27NO4. The van der Waals surface area contributed by atoms with Crippen LogP contribution in [0.5, 0.6) is 0 Å². The second-order valence-corrected chi connectivity index (χ2v) is 7.23. The fourth-order valence-corrected chi connectivity index (χ4v) is 3.63. The highest BCUT2D eigenvalue weighted by molar-refractivity contribution is 5.83. The molecule has 0 bridgehead atoms. The summed E-state index contributed by atoms with van der Waals surface area (Å²) in [5.74, 6) is -0.465. The highest BCUT2D eigenvalue weighted by atomic mass is 16.5. The van der Waals surface area contributed by atoms with E-state index >= 15 is 0 Å². The number of hydrogen-bond donors (Lipinski definition) is 1. The van der Waals surface area contributed by atoms with Crippen LogP contribution in [0.15, 0.2) is 54.1 Å². The molecule has 1 N–H and O–H groups in total. The lowest BCUT2D eigenvalue weighted by Gasteiger charge is -2.40. The van der Waals surface area contributed by atoms with Gasteiger partial charge < -0.3 is 14.8 Å². The molecule has 1 heterocycles. The molecule has 0 radical (unpaired) electrons. The summed E-state index contributed by atoms with van der Waals surface area (Å²) in [4.78, 5) is 23.9. The van der Waals surface area contributed by atoms with E-state index in [1.54, 1.807) is 13.0 Å². The van der Waals surface area contributed by atoms with Gasteiger partial charge in [-0.15, -0.1) is 0 Å². The van der Waals surface area contributed by atoms with Crippen molar-refractivity contribution >= 4 is 11.9 Å². The van der Waals surface area contributed by atoms with Crippen molar-refractivity contribution in [1.82, 2.24) is 5.32 Å². The van der Waals surface area contributed by atoms with Gasteiger partial charge in [0.1, 0.15) is 12.6 Å². The predicted octanol–water partition coefficient (Wildman–Crippen LogP) is 3.31. The largest absolute Gasteiger partial charge is 0.463 e. The Kier molecular flexibility index (Phi) is 6.45. The van der Waals surface area contributed by atoms with Crippen LogP contribution in [-0.2, 0) is 25.7 Å². The van der Waals surface area contributed by atoms with Crippen molar-refractivity contribution in [2.75, 3.05) is 13.2 Å². The Morgan fingerprint density at radius 1 is 1.22 bits per heavy atom. The van der Waals surface area contributed by atoms with Gasteiger partial charge in [-0.05, 0) is 43.7 Å². The number of nitrogens with one attached hydrogen (secondary N) is 1. The van der Waals surface area contributed by atoms with E-state index in [0.29, 0.717) is 13.2 Å². The van der Waals surface area contributed by atoms with Crippen LogP contribution in [0.4, 0.5) is 0 Å². The molecule has 2 atom stereocenters. The summed E-state index contributed by atoms with van der Waals surface area (Å²) in [7, 11) is 0. The fraction of sp³-hybridized carbons (Fsp3) is 0.455. The van der Waals surface area contributed by atoms with Crippen LogP contribution in [0.25, 0.3) is 0 Å². The van der Waals surface area contributed by atoms with Crippen LogP contribution in [0.3, 0.4) is 0 Å². The van der Waals surface area contributed by atoms with Gasteiger partial charge in [0.2, 0.25) is 0 Å². The SMILES string of the molecule is CCOC(=O)C=C1C=CC2(CC1)CCC(C(=O)OCc1ccccc1)NC2. The molecule has 1 aromatic carbocycles. The van der Waals surface area contributed by atoms with Crippen LogP contribution < -0.4 is 5.32 Å². The molecule has 5 nitrogen and oxygen atoms in total. The van der Waals surface area contributed by atoms with E-state index in [4.69, 9.17) is 9.47 Å². The van der Waals surface area contributed by atoms with Gasteiger partial charge >= 0.3 is 11.9 Å². The third-order valence-electron chi connectivity index (χ3n) is 5.29. The molecule has 144 valence electrons. The zero-order valence-corrected chi connectivity index (χ0v) is 15.8. The minimum Gasteiger partial charge on any atom is -0.463 e. The van der Waals surface area contributed by atoms with E-state index in [1.807, 2.05) is 36.4 Å². The molecule has 27 heavy (non-hydrogen) atoms. The topological polar surface area (TPSA) is 64.6 Å². The first-order valence-corrected chi connectivity index (χ1v) is 9.61. The van der Waals surface area contributed by atoms with Gasteiger partial charge in [0, 0.05) is 18.0 Å². The molecule has 1 saturated heterocycles. The molecule has 2 unspecified atom stereocenters. The maximum atomic E-state index is 12.3. The van der Waals surface area contributed by atoms with E-state index in [1.165, 1.54) is 0 Å². The Morgan fingerprint density at radius 2 is 2.04 bits per heavy atom. The Morgan fingerprint density at radius 3 is 2.67 bits per heavy atom. The lowest BCUT2D eigenvalue weighted by atomic mass is 9.71. The number of esters is 2. The van der Waals surface area contributed by atoms with Crippen molar-refractivity contribution in [3.8, 4) is 0 Å². The maximum absolute atomic E-state index is 12.3. The number of carbonyl (C=O) groups is 2. The minimum absolute atomic E-state index is 0.0577. The number of allylic oxidation sites excluding steroid dienone is 2. The van der Waals surface area contributed by atoms with Crippen molar-refractivity contribution in [3.05, 3.63) is 59.7 Å². The van der Waals surface area contributed by atoms with Crippen molar-refractivity contribution < 1.29 is 19.1 Å². The highest BCUT2D eigenvalue weighted by Crippen LogP contribution is 2.39. The summed E-state index contributed by atoms with van der Waals surface area (Å²) in [5.41, 5.74) is 2.06. The van der Waals surface area contributed by atoms with Crippen molar-refractivity contribution in [2.24, 2.45) is 5.41 Å². The van der Waals surface area contributed by atoms with Crippen molar-refractivity contribution in [1.29, 1.82) is 0 Å². The number of piperidine rings is 1. The van der Waals surface area contributed by atoms with Crippen LogP contribution in [0.1, 0.15) is 38.2 Å². The van der Waals surface area contributed by atoms with Gasteiger partial charge in [-0.3, -0.25) is 4.79 Å². The molecule has 5 heteroatoms. The van der Waals surface area contributed by atoms with E-state index < -0.39 is 0 Å². The summed E-state index contributed by atoms with van der Waals surface area (Å²) < 4.78 is 10.4. The van der Waals surface area contributed by atoms with Gasteiger partial charge in [-0.1, -0.05) is 42.5 Å². The Bertz CT molecular complexity index is 715. The van der Waals surface area contributed by atoms with Crippen LogP contribution in [0, 0.1) is 5.41 Å². The first-order chi connectivity index (χ1) is 13.1. The molecule has 1 fully saturated rings. The van der Waals surface area contributed by atoms with Crippen molar-refractivity contribution in [2.45, 2.75) is 45.3 Å². The summed E-state index contributed by atoms with van der Waals surface area (Å²) in [6.45, 7) is 3.26. The average Bonchev–Trinajstić information content (AvgIpc) is 2.70. The molecule has 1 aromatic rings. The molecule has 1 aliphatic carbocycles. The summed E-state index contributed by atoms with van der Waals surface area (Å²) in [6, 6.07) is 9.47. The second-order valence-electron chi connectivity index (χ2n) is 7.23. The number of benzene rings is 1. The monoisotopic (exact) mass is 369 g/mol. The van der Waals surface area contributed by atoms with Crippen LogP contribution in [-0.4, -0.2) is 31.1 Å². The van der Waals surface area contributed by atoms with Crippen LogP contribution >= 0.6 is 0 Å². The molecule has 3 rings (SSSR count). The standard InChI is InChI=1S/C22H27NO4/c1-2-26-20(24)14-17-8-11-22(12-9-17)13-10-19(23-16-22)21(25)27-15-18-6-4-3-5-7-18/h3-8,11,14,19,23H,2,9-10,12-13,15-16H2,1H3. The first-order valence-electron chi connectivity index (χ1n) is 9.61. The number of carbonyl (C=O) groups excluding carboxylic acids is 2. The average molecular weight is 369 g/mol. The van der Waals surface area contributed by atoms with E-state index in [9.17, 15) is 9.59 Å². The smallest absolute Gasteiger partial charge is 0.331 e. The minimum atomic E-state index is -0.281. The summed E-state index contributed by atoms with van der Waals surface area (Å²) in [6.07, 6.45) is 9.29. The molecule has 1 spiro atoms. The summed E-state index contributed by atoms with van der Waals surface area (Å²) >= 11 is 0. The van der Waals surface area contributed by atoms with E-state index in [2.05, 4.69) is 11.4 Å². The Balaban J connectivity index is 1.48. The summed E-state index contributed by atoms with van der Waals surface area (Å²) in [5, 5.41) is 3.35. The van der Waals surface area contributed by atoms with Gasteiger partial charge in [-0.2, -0.15) is 0 Å². The third-order valence-corrected chi connectivity index (χ3v) is 5.29. The van der Waals surface area contributed by atoms with E-state index in [-0.39, 0.29) is 23.4 Å². The molecule has 1 aliphatic heterocycles. The molecule has 2 aliphatic rings. The fourth-order valence-electron chi connectivity index (χ4n) is 3.63. The molecular weight excluding hydrogens is 342 g/mol. The van der Waals surface area contributed by atoms with Crippen LogP contribution in [0.2, 0.25) is 0 Å². The van der Waals surface area contributed by atoms with E-state index in [0.717, 1.165) is 43.4 Å². The zero-order valence-electron chi connectivity index (χ0n) is 15.8. The highest BCUT2D eigenvalue weighted by Gasteiger charge is 2.37. The number of rotatable bonds is 5. The molecule has 0 aromatic heterocycles. The van der Waals surface area contributed by atoms with Crippen molar-refractivity contribution in [3.63, 3.8) is 0 Å². The predicted molar refractivity (Wildman–Crippen MR) is 103 cm³/mol. The first kappa shape index (κ1) is 19.4. The number of hydrogen-bond acceptors (Lipinski definition) is 5. The second kappa shape index (κ2) is 9.00. The van der Waals surface area contributed by atoms with Gasteiger partial charge in [0.25, 0.3) is 0 Å². The Hall–Kier alpha value is -2.40. The number of ether oxygens (including phenoxy) is 2. The lowest BCUT2D eigenvalue weighted by molar-refractivity contribution is -0.148. The maximum Gasteiger partial charge on any atom is 0.331 e. The Labute approximate surface area is 160 Å².